The molecule has 1 atom stereocenters. The summed E-state index contributed by atoms with van der Waals surface area (Å²) >= 11 is 0. The molecule has 0 spiro atoms. The normalized spacial score (nSPS) is 12.6. The van der Waals surface area contributed by atoms with E-state index in [1.807, 2.05) is 20.8 Å². The summed E-state index contributed by atoms with van der Waals surface area (Å²) in [7, 11) is -2.22. The van der Waals surface area contributed by atoms with Crippen LogP contribution in [0.5, 0.6) is 11.5 Å². The number of hydrogen-bond acceptors (Lipinski definition) is 5. The molecule has 0 saturated carbocycles. The molecule has 0 aliphatic heterocycles. The van der Waals surface area contributed by atoms with Gasteiger partial charge < -0.3 is 13.8 Å². The van der Waals surface area contributed by atoms with Gasteiger partial charge in [0.25, 0.3) is 0 Å². The number of hydrogen-bond donors (Lipinski definition) is 0. The third-order valence-electron chi connectivity index (χ3n) is 3.57. The lowest BCUT2D eigenvalue weighted by molar-refractivity contribution is -0.133. The first-order valence-electron chi connectivity index (χ1n) is 7.57. The second-order valence-corrected chi connectivity index (χ2v) is 6.98. The molecule has 0 aliphatic rings. The largest absolute Gasteiger partial charge is 0.493 e. The smallest absolute Gasteiger partial charge is 0.306 e. The highest BCUT2D eigenvalue weighted by molar-refractivity contribution is 7.86. The number of nitrogens with zero attached hydrogens (tertiary/aromatic N) is 1. The van der Waals surface area contributed by atoms with Crippen LogP contribution in [0.1, 0.15) is 39.2 Å². The zero-order valence-corrected chi connectivity index (χ0v) is 15.1. The summed E-state index contributed by atoms with van der Waals surface area (Å²) in [5, 5.41) is 0. The van der Waals surface area contributed by atoms with Crippen LogP contribution in [0.15, 0.2) is 18.2 Å². The minimum absolute atomic E-state index is 0.0562. The van der Waals surface area contributed by atoms with E-state index in [2.05, 4.69) is 0 Å². The van der Waals surface area contributed by atoms with Gasteiger partial charge in [-0.3, -0.25) is 4.79 Å². The molecule has 0 N–H and O–H groups in total. The van der Waals surface area contributed by atoms with Crippen LogP contribution < -0.4 is 8.92 Å². The summed E-state index contributed by atoms with van der Waals surface area (Å²) in [6.07, 6.45) is 2.24. The van der Waals surface area contributed by atoms with Gasteiger partial charge >= 0.3 is 10.1 Å². The quantitative estimate of drug-likeness (QED) is 0.678. The Labute approximate surface area is 138 Å². The number of carbonyl (C=O) groups is 1. The van der Waals surface area contributed by atoms with E-state index in [0.717, 1.165) is 18.2 Å². The van der Waals surface area contributed by atoms with Crippen LogP contribution in [0.2, 0.25) is 0 Å². The van der Waals surface area contributed by atoms with E-state index >= 15 is 0 Å². The van der Waals surface area contributed by atoms with Crippen LogP contribution >= 0.6 is 0 Å². The fraction of sp³-hybridized carbons (Fsp3) is 0.562. The van der Waals surface area contributed by atoms with Crippen molar-refractivity contribution in [1.82, 2.24) is 4.90 Å². The molecule has 1 aromatic carbocycles. The molecule has 0 radical (unpaired) electrons. The molecule has 23 heavy (non-hydrogen) atoms. The summed E-state index contributed by atoms with van der Waals surface area (Å²) in [4.78, 5) is 13.9. The van der Waals surface area contributed by atoms with Gasteiger partial charge in [0, 0.05) is 19.0 Å². The fourth-order valence-corrected chi connectivity index (χ4v) is 2.61. The standard InChI is InChI=1S/C16H25NO5S/c1-6-12(3)17(16(18)7-2)11-13-8-9-14(21-4)15(10-13)22-23(5,19)20/h8-10,12H,6-7,11H2,1-5H3. The van der Waals surface area contributed by atoms with Crippen molar-refractivity contribution >= 4 is 16.0 Å². The number of rotatable bonds is 8. The Balaban J connectivity index is 3.12. The molecule has 1 aromatic rings. The first kappa shape index (κ1) is 19.3. The van der Waals surface area contributed by atoms with Crippen molar-refractivity contribution in [2.24, 2.45) is 0 Å². The highest BCUT2D eigenvalue weighted by atomic mass is 32.2. The predicted molar refractivity (Wildman–Crippen MR) is 89.1 cm³/mol. The molecule has 0 saturated heterocycles. The summed E-state index contributed by atoms with van der Waals surface area (Å²) < 4.78 is 32.8. The summed E-state index contributed by atoms with van der Waals surface area (Å²) in [5.41, 5.74) is 0.784. The van der Waals surface area contributed by atoms with Gasteiger partial charge in [-0.1, -0.05) is 19.9 Å². The number of methoxy groups -OCH3 is 1. The predicted octanol–water partition coefficient (Wildman–Crippen LogP) is 2.57. The van der Waals surface area contributed by atoms with Crippen LogP contribution in [-0.2, 0) is 21.5 Å². The van der Waals surface area contributed by atoms with Crippen LogP contribution in [-0.4, -0.2) is 38.6 Å². The molecule has 1 rings (SSSR count). The molecular formula is C16H25NO5S. The zero-order chi connectivity index (χ0) is 17.6. The van der Waals surface area contributed by atoms with E-state index in [0.29, 0.717) is 18.7 Å². The first-order chi connectivity index (χ1) is 10.7. The first-order valence-corrected chi connectivity index (χ1v) is 9.39. The van der Waals surface area contributed by atoms with E-state index in [9.17, 15) is 13.2 Å². The SMILES string of the molecule is CCC(=O)N(Cc1ccc(OC)c(OS(C)(=O)=O)c1)C(C)CC. The third kappa shape index (κ3) is 5.74. The van der Waals surface area contributed by atoms with Crippen LogP contribution in [0.4, 0.5) is 0 Å². The fourth-order valence-electron chi connectivity index (χ4n) is 2.16. The topological polar surface area (TPSA) is 72.9 Å². The second-order valence-electron chi connectivity index (χ2n) is 5.41. The highest BCUT2D eigenvalue weighted by Gasteiger charge is 2.19. The summed E-state index contributed by atoms with van der Waals surface area (Å²) in [6, 6.07) is 5.13. The molecule has 1 unspecified atom stereocenters. The Hall–Kier alpha value is -1.76. The van der Waals surface area contributed by atoms with E-state index in [-0.39, 0.29) is 17.7 Å². The van der Waals surface area contributed by atoms with Crippen LogP contribution in [0.3, 0.4) is 0 Å². The molecule has 0 heterocycles. The van der Waals surface area contributed by atoms with Crippen molar-refractivity contribution in [1.29, 1.82) is 0 Å². The van der Waals surface area contributed by atoms with Gasteiger partial charge in [0.15, 0.2) is 11.5 Å². The van der Waals surface area contributed by atoms with Crippen molar-refractivity contribution < 1.29 is 22.1 Å². The van der Waals surface area contributed by atoms with Gasteiger partial charge in [-0.25, -0.2) is 0 Å². The minimum atomic E-state index is -3.66. The van der Waals surface area contributed by atoms with Gasteiger partial charge in [0.1, 0.15) is 0 Å². The molecule has 0 aliphatic carbocycles. The van der Waals surface area contributed by atoms with Crippen molar-refractivity contribution in [3.63, 3.8) is 0 Å². The Kier molecular flexibility index (Phi) is 6.87. The maximum Gasteiger partial charge on any atom is 0.306 e. The van der Waals surface area contributed by atoms with Gasteiger partial charge in [-0.15, -0.1) is 0 Å². The van der Waals surface area contributed by atoms with Crippen molar-refractivity contribution in [2.45, 2.75) is 46.2 Å². The monoisotopic (exact) mass is 343 g/mol. The third-order valence-corrected chi connectivity index (χ3v) is 4.05. The average Bonchev–Trinajstić information content (AvgIpc) is 2.49. The van der Waals surface area contributed by atoms with Crippen LogP contribution in [0, 0.1) is 0 Å². The van der Waals surface area contributed by atoms with Gasteiger partial charge in [0.2, 0.25) is 5.91 Å². The minimum Gasteiger partial charge on any atom is -0.493 e. The van der Waals surface area contributed by atoms with Gasteiger partial charge in [-0.05, 0) is 31.0 Å². The number of amides is 1. The lowest BCUT2D eigenvalue weighted by Crippen LogP contribution is -2.37. The Morgan fingerprint density at radius 3 is 2.39 bits per heavy atom. The molecule has 0 aromatic heterocycles. The van der Waals surface area contributed by atoms with Crippen molar-refractivity contribution in [3.05, 3.63) is 23.8 Å². The Bertz CT molecular complexity index is 642. The van der Waals surface area contributed by atoms with E-state index in [1.54, 1.807) is 23.1 Å². The van der Waals surface area contributed by atoms with Crippen LogP contribution in [0.25, 0.3) is 0 Å². The molecule has 130 valence electrons. The number of ether oxygens (including phenoxy) is 1. The molecule has 6 nitrogen and oxygen atoms in total. The molecular weight excluding hydrogens is 318 g/mol. The molecule has 7 heteroatoms. The Morgan fingerprint density at radius 1 is 1.26 bits per heavy atom. The van der Waals surface area contributed by atoms with Crippen molar-refractivity contribution in [2.75, 3.05) is 13.4 Å². The van der Waals surface area contributed by atoms with Gasteiger partial charge in [-0.2, -0.15) is 8.42 Å². The molecule has 0 bridgehead atoms. The summed E-state index contributed by atoms with van der Waals surface area (Å²) in [6.45, 7) is 6.23. The zero-order valence-electron chi connectivity index (χ0n) is 14.3. The number of benzene rings is 1. The maximum atomic E-state index is 12.1. The maximum absolute atomic E-state index is 12.1. The highest BCUT2D eigenvalue weighted by Crippen LogP contribution is 2.30. The lowest BCUT2D eigenvalue weighted by Gasteiger charge is -2.28. The molecule has 1 amide bonds. The van der Waals surface area contributed by atoms with E-state index < -0.39 is 10.1 Å². The Morgan fingerprint density at radius 2 is 1.91 bits per heavy atom. The van der Waals surface area contributed by atoms with Gasteiger partial charge in [0.05, 0.1) is 13.4 Å². The van der Waals surface area contributed by atoms with Crippen molar-refractivity contribution in [3.8, 4) is 11.5 Å². The number of carbonyl (C=O) groups excluding carboxylic acids is 1. The average molecular weight is 343 g/mol. The summed E-state index contributed by atoms with van der Waals surface area (Å²) in [5.74, 6) is 0.511. The van der Waals surface area contributed by atoms with E-state index in [4.69, 9.17) is 8.92 Å². The lowest BCUT2D eigenvalue weighted by atomic mass is 10.1. The molecule has 0 fully saturated rings. The second kappa shape index (κ2) is 8.19. The van der Waals surface area contributed by atoms with E-state index in [1.165, 1.54) is 7.11 Å².